The average Bonchev–Trinajstić information content (AvgIpc) is 4.01. The number of oxazole rings is 2. The number of carboxylic acid groups (broad SMARTS) is 2. The van der Waals surface area contributed by atoms with Crippen molar-refractivity contribution in [3.63, 3.8) is 0 Å². The number of hydrogen-bond acceptors (Lipinski definition) is 18. The summed E-state index contributed by atoms with van der Waals surface area (Å²) in [5, 5.41) is 18.1. The smallest absolute Gasteiger partial charge is 0.360 e. The highest BCUT2D eigenvalue weighted by Crippen LogP contribution is 2.38. The van der Waals surface area contributed by atoms with E-state index in [-0.39, 0.29) is 74.5 Å². The van der Waals surface area contributed by atoms with Gasteiger partial charge in [0, 0.05) is 50.7 Å². The second-order valence-electron chi connectivity index (χ2n) is 15.7. The normalized spacial score (nSPS) is 21.2. The summed E-state index contributed by atoms with van der Waals surface area (Å²) in [5.41, 5.74) is -4.27. The summed E-state index contributed by atoms with van der Waals surface area (Å²) in [4.78, 5) is 111. The monoisotopic (exact) mass is 974 g/mol. The summed E-state index contributed by atoms with van der Waals surface area (Å²) in [5.74, 6) is -7.61. The summed E-state index contributed by atoms with van der Waals surface area (Å²) in [6.45, 7) is 6.05. The maximum absolute atomic E-state index is 13.7. The summed E-state index contributed by atoms with van der Waals surface area (Å²) in [7, 11) is 2.24. The van der Waals surface area contributed by atoms with Gasteiger partial charge in [-0.1, -0.05) is 72.9 Å². The summed E-state index contributed by atoms with van der Waals surface area (Å²) in [6, 6.07) is 0. The zero-order valence-electron chi connectivity index (χ0n) is 39.7. The van der Waals surface area contributed by atoms with Gasteiger partial charge in [0.25, 0.3) is 0 Å². The van der Waals surface area contributed by atoms with Crippen LogP contribution in [0.3, 0.4) is 0 Å². The molecule has 3 rings (SSSR count). The minimum atomic E-state index is -1.87. The summed E-state index contributed by atoms with van der Waals surface area (Å²) < 4.78 is 44.6. The van der Waals surface area contributed by atoms with E-state index in [2.05, 4.69) is 9.97 Å². The molecule has 0 amide bonds. The van der Waals surface area contributed by atoms with Crippen molar-refractivity contribution in [2.45, 2.75) is 103 Å². The molecule has 376 valence electrons. The molecular formula is C50H58N2O18. The van der Waals surface area contributed by atoms with E-state index in [0.29, 0.717) is 0 Å². The Labute approximate surface area is 404 Å². The maximum atomic E-state index is 13.7. The van der Waals surface area contributed by atoms with E-state index in [4.69, 9.17) is 47.5 Å². The van der Waals surface area contributed by atoms with E-state index in [0.717, 1.165) is 26.7 Å². The Balaban J connectivity index is 2.06. The van der Waals surface area contributed by atoms with Gasteiger partial charge in [-0.2, -0.15) is 0 Å². The number of carbonyl (C=O) groups excluding carboxylic acids is 6. The zero-order valence-corrected chi connectivity index (χ0v) is 39.7. The van der Waals surface area contributed by atoms with E-state index in [1.54, 1.807) is 62.5 Å². The molecule has 2 aromatic rings. The summed E-state index contributed by atoms with van der Waals surface area (Å²) in [6.07, 6.45) is 19.6. The van der Waals surface area contributed by atoms with Gasteiger partial charge in [-0.05, 0) is 52.7 Å². The SMILES string of the molecule is C/C=C/C(OC(=O)CCCC(=O)O)C(C)(C(=O)OC)C1C\C=C/C=C/C=C/c2nc(co2)C(=O)OC(C(C)(C(=O)OC)C(/C=C/C)OC(=O)CCCC(=O)O)C\C=C/C=C/C=C/c2nc(co2)C(=O)O1. The Morgan fingerprint density at radius 2 is 1.00 bits per heavy atom. The zero-order chi connectivity index (χ0) is 51.7. The number of carbonyl (C=O) groups is 8. The van der Waals surface area contributed by atoms with Gasteiger partial charge < -0.3 is 47.5 Å². The number of allylic oxidation sites excluding steroid dienone is 10. The van der Waals surface area contributed by atoms with Crippen molar-refractivity contribution in [2.24, 2.45) is 10.8 Å². The number of nitrogens with zero attached hydrogens (tertiary/aromatic N) is 2. The number of carboxylic acids is 2. The molecule has 2 aromatic heterocycles. The number of ether oxygens (including phenoxy) is 6. The molecule has 0 fully saturated rings. The minimum absolute atomic E-state index is 0.0150. The van der Waals surface area contributed by atoms with Gasteiger partial charge in [-0.3, -0.25) is 28.8 Å². The fourth-order valence-corrected chi connectivity index (χ4v) is 6.76. The quantitative estimate of drug-likeness (QED) is 0.0841. The van der Waals surface area contributed by atoms with Gasteiger partial charge >= 0.3 is 47.8 Å². The molecule has 2 N–H and O–H groups in total. The fourth-order valence-electron chi connectivity index (χ4n) is 6.76. The molecule has 6 unspecified atom stereocenters. The molecule has 0 radical (unpaired) electrons. The first-order valence-electron chi connectivity index (χ1n) is 22.0. The molecule has 4 bridgehead atoms. The summed E-state index contributed by atoms with van der Waals surface area (Å²) >= 11 is 0. The van der Waals surface area contributed by atoms with Crippen LogP contribution in [0.15, 0.2) is 106 Å². The second-order valence-corrected chi connectivity index (χ2v) is 15.7. The van der Waals surface area contributed by atoms with Crippen LogP contribution in [0.4, 0.5) is 0 Å². The van der Waals surface area contributed by atoms with Crippen LogP contribution in [0.25, 0.3) is 12.2 Å². The molecule has 0 saturated carbocycles. The van der Waals surface area contributed by atoms with E-state index >= 15 is 0 Å². The van der Waals surface area contributed by atoms with Crippen LogP contribution in [-0.4, -0.2) is 107 Å². The second kappa shape index (κ2) is 28.4. The number of fused-ring (bicyclic) bond motifs is 4. The Hall–Kier alpha value is -7.90. The molecule has 0 spiro atoms. The van der Waals surface area contributed by atoms with Crippen molar-refractivity contribution >= 4 is 59.9 Å². The highest BCUT2D eigenvalue weighted by Gasteiger charge is 2.53. The molecule has 0 aromatic carbocycles. The average molecular weight is 975 g/mol. The van der Waals surface area contributed by atoms with Crippen molar-refractivity contribution in [3.8, 4) is 0 Å². The highest BCUT2D eigenvalue weighted by molar-refractivity contribution is 5.89. The molecule has 1 aliphatic rings. The van der Waals surface area contributed by atoms with E-state index in [9.17, 15) is 38.4 Å². The minimum Gasteiger partial charge on any atom is -0.481 e. The van der Waals surface area contributed by atoms with E-state index in [1.807, 2.05) is 0 Å². The van der Waals surface area contributed by atoms with Crippen LogP contribution in [0.2, 0.25) is 0 Å². The number of methoxy groups -OCH3 is 2. The number of rotatable bonds is 18. The number of esters is 6. The largest absolute Gasteiger partial charge is 0.481 e. The van der Waals surface area contributed by atoms with Gasteiger partial charge in [0.15, 0.2) is 11.4 Å². The predicted molar refractivity (Wildman–Crippen MR) is 248 cm³/mol. The highest BCUT2D eigenvalue weighted by atomic mass is 16.6. The van der Waals surface area contributed by atoms with Crippen LogP contribution in [0, 0.1) is 10.8 Å². The van der Waals surface area contributed by atoms with Crippen molar-refractivity contribution < 1.29 is 85.8 Å². The van der Waals surface area contributed by atoms with E-state index in [1.165, 1.54) is 62.5 Å². The lowest BCUT2D eigenvalue weighted by Crippen LogP contribution is -2.52. The lowest BCUT2D eigenvalue weighted by molar-refractivity contribution is -0.178. The third kappa shape index (κ3) is 16.7. The van der Waals surface area contributed by atoms with Crippen molar-refractivity contribution in [2.75, 3.05) is 14.2 Å². The van der Waals surface area contributed by atoms with Crippen LogP contribution in [0.5, 0.6) is 0 Å². The topological polar surface area (TPSA) is 284 Å². The molecule has 20 nitrogen and oxygen atoms in total. The molecule has 0 saturated heterocycles. The van der Waals surface area contributed by atoms with Crippen LogP contribution < -0.4 is 0 Å². The Kier molecular flexibility index (Phi) is 22.9. The van der Waals surface area contributed by atoms with Gasteiger partial charge in [-0.15, -0.1) is 0 Å². The maximum Gasteiger partial charge on any atom is 0.360 e. The lowest BCUT2D eigenvalue weighted by Gasteiger charge is -2.38. The predicted octanol–water partition coefficient (Wildman–Crippen LogP) is 7.30. The first kappa shape index (κ1) is 56.4. The fraction of sp³-hybridized carbons (Fsp3) is 0.400. The van der Waals surface area contributed by atoms with Crippen molar-refractivity contribution in [3.05, 3.63) is 121 Å². The lowest BCUT2D eigenvalue weighted by atomic mass is 9.76. The Bertz CT molecular complexity index is 2230. The van der Waals surface area contributed by atoms with Gasteiger partial charge in [-0.25, -0.2) is 19.6 Å². The number of hydrogen-bond donors (Lipinski definition) is 2. The van der Waals surface area contributed by atoms with Crippen molar-refractivity contribution in [1.29, 1.82) is 0 Å². The van der Waals surface area contributed by atoms with Crippen LogP contribution in [-0.2, 0) is 57.2 Å². The number of aliphatic carboxylic acids is 2. The van der Waals surface area contributed by atoms with Gasteiger partial charge in [0.05, 0.1) is 14.2 Å². The standard InChI is InChI=1S/C50H58N2O18/c1-7-21-35(67-43(57)29-19-27-41(53)54)49(3,47(61)63-5)37-23-15-11-9-13-17-26-40-52-34(32-66-40)46(60)70-38(24-16-12-10-14-18-25-39-51-33(31-65-39)45(59)69-37)50(4,48(62)64-6)36(22-8-2)68-44(58)30-20-28-42(55)56/h7-18,21-22,25-26,31-32,35-38H,19-20,23-24,27-30H2,1-6H3,(H,53,54)(H,55,56)/b13-9+,14-10+,15-11-,16-12-,21-7+,22-8+,25-18+,26-17+. The van der Waals surface area contributed by atoms with E-state index < -0.39 is 83.0 Å². The number of aromatic nitrogens is 2. The number of cyclic esters (lactones) is 2. The third-order valence-corrected chi connectivity index (χ3v) is 10.6. The third-order valence-electron chi connectivity index (χ3n) is 10.6. The molecule has 70 heavy (non-hydrogen) atoms. The van der Waals surface area contributed by atoms with Gasteiger partial charge in [0.1, 0.15) is 47.8 Å². The van der Waals surface area contributed by atoms with Crippen molar-refractivity contribution in [1.82, 2.24) is 9.97 Å². The molecule has 3 heterocycles. The Morgan fingerprint density at radius 3 is 1.34 bits per heavy atom. The van der Waals surface area contributed by atoms with Crippen LogP contribution in [0.1, 0.15) is 112 Å². The van der Waals surface area contributed by atoms with Crippen LogP contribution >= 0.6 is 0 Å². The molecule has 6 atom stereocenters. The van der Waals surface area contributed by atoms with Gasteiger partial charge in [0.2, 0.25) is 11.8 Å². The first-order valence-corrected chi connectivity index (χ1v) is 22.0. The first-order chi connectivity index (χ1) is 33.4. The molecule has 1 aliphatic heterocycles. The molecule has 0 aliphatic carbocycles. The Morgan fingerprint density at radius 1 is 0.629 bits per heavy atom. The molecular weight excluding hydrogens is 917 g/mol. The molecule has 20 heteroatoms.